The number of rotatable bonds is 8. The summed E-state index contributed by atoms with van der Waals surface area (Å²) in [4.78, 5) is 12.2. The lowest BCUT2D eigenvalue weighted by atomic mass is 10.1. The molecule has 3 rings (SSSR count). The van der Waals surface area contributed by atoms with Crippen molar-refractivity contribution in [1.29, 1.82) is 0 Å². The molecule has 0 spiro atoms. The second-order valence-corrected chi connectivity index (χ2v) is 7.40. The average molecular weight is 394 g/mol. The molecule has 2 N–H and O–H groups in total. The van der Waals surface area contributed by atoms with Crippen LogP contribution in [0.4, 0.5) is 10.5 Å². The molecule has 28 heavy (non-hydrogen) atoms. The van der Waals surface area contributed by atoms with E-state index >= 15 is 0 Å². The molecule has 0 radical (unpaired) electrons. The Hall–Kier alpha value is -1.87. The molecule has 2 amide bonds. The number of benzene rings is 1. The Bertz CT molecular complexity index is 651. The van der Waals surface area contributed by atoms with Crippen molar-refractivity contribution in [2.45, 2.75) is 64.0 Å². The lowest BCUT2D eigenvalue weighted by molar-refractivity contribution is -0.217. The van der Waals surface area contributed by atoms with Crippen LogP contribution in [-0.2, 0) is 18.9 Å². The van der Waals surface area contributed by atoms with Gasteiger partial charge >= 0.3 is 6.03 Å². The largest absolute Gasteiger partial charge is 0.497 e. The van der Waals surface area contributed by atoms with E-state index in [0.29, 0.717) is 18.8 Å². The number of amides is 2. The molecule has 8 heteroatoms. The molecule has 1 aromatic rings. The second-order valence-electron chi connectivity index (χ2n) is 7.40. The van der Waals surface area contributed by atoms with Crippen LogP contribution in [0.1, 0.15) is 33.6 Å². The Morgan fingerprint density at radius 3 is 2.64 bits per heavy atom. The van der Waals surface area contributed by atoms with Gasteiger partial charge in [0.1, 0.15) is 24.1 Å². The number of nitrogens with one attached hydrogen (secondary N) is 2. The third kappa shape index (κ3) is 5.14. The number of anilines is 1. The van der Waals surface area contributed by atoms with E-state index in [-0.39, 0.29) is 24.3 Å². The van der Waals surface area contributed by atoms with Crippen molar-refractivity contribution < 1.29 is 28.5 Å². The van der Waals surface area contributed by atoms with Gasteiger partial charge < -0.3 is 34.3 Å². The molecule has 0 aromatic heterocycles. The van der Waals surface area contributed by atoms with Crippen LogP contribution in [0.5, 0.6) is 5.75 Å². The molecular weight excluding hydrogens is 364 g/mol. The summed E-state index contributed by atoms with van der Waals surface area (Å²) in [5.74, 6) is 0.0260. The molecule has 2 heterocycles. The van der Waals surface area contributed by atoms with Crippen LogP contribution < -0.4 is 15.4 Å². The minimum atomic E-state index is -0.703. The summed E-state index contributed by atoms with van der Waals surface area (Å²) in [6, 6.07) is 6.79. The molecule has 2 fully saturated rings. The minimum Gasteiger partial charge on any atom is -0.497 e. The van der Waals surface area contributed by atoms with E-state index in [9.17, 15) is 4.79 Å². The van der Waals surface area contributed by atoms with E-state index in [1.807, 2.05) is 13.8 Å². The van der Waals surface area contributed by atoms with Crippen molar-refractivity contribution in [3.63, 3.8) is 0 Å². The lowest BCUT2D eigenvalue weighted by Gasteiger charge is -2.26. The minimum absolute atomic E-state index is 0.291. The number of ether oxygens (including phenoxy) is 5. The third-order valence-corrected chi connectivity index (χ3v) is 4.71. The summed E-state index contributed by atoms with van der Waals surface area (Å²) < 4.78 is 28.9. The van der Waals surface area contributed by atoms with E-state index in [1.165, 1.54) is 0 Å². The van der Waals surface area contributed by atoms with Gasteiger partial charge in [0, 0.05) is 18.8 Å². The fourth-order valence-corrected chi connectivity index (χ4v) is 3.32. The molecule has 0 unspecified atom stereocenters. The van der Waals surface area contributed by atoms with Crippen molar-refractivity contribution >= 4 is 11.7 Å². The molecular formula is C20H30N2O6. The molecule has 4 atom stereocenters. The van der Waals surface area contributed by atoms with Crippen molar-refractivity contribution in [1.82, 2.24) is 5.32 Å². The predicted molar refractivity (Wildman–Crippen MR) is 103 cm³/mol. The van der Waals surface area contributed by atoms with Gasteiger partial charge in [0.15, 0.2) is 12.1 Å². The summed E-state index contributed by atoms with van der Waals surface area (Å²) in [6.45, 7) is 6.73. The highest BCUT2D eigenvalue weighted by atomic mass is 16.8. The van der Waals surface area contributed by atoms with Gasteiger partial charge in [0.2, 0.25) is 0 Å². The maximum Gasteiger partial charge on any atom is 0.319 e. The Kier molecular flexibility index (Phi) is 6.77. The van der Waals surface area contributed by atoms with Gasteiger partial charge in [-0.25, -0.2) is 4.79 Å². The first kappa shape index (κ1) is 20.9. The Labute approximate surface area is 165 Å². The number of fused-ring (bicyclic) bond motifs is 1. The summed E-state index contributed by atoms with van der Waals surface area (Å²) in [7, 11) is 1.60. The van der Waals surface area contributed by atoms with E-state index in [2.05, 4.69) is 17.6 Å². The van der Waals surface area contributed by atoms with Gasteiger partial charge in [-0.1, -0.05) is 13.3 Å². The summed E-state index contributed by atoms with van der Waals surface area (Å²) in [5.41, 5.74) is 0.673. The van der Waals surface area contributed by atoms with Crippen molar-refractivity contribution in [3.05, 3.63) is 24.3 Å². The Morgan fingerprint density at radius 2 is 1.96 bits per heavy atom. The molecule has 8 nitrogen and oxygen atoms in total. The quantitative estimate of drug-likeness (QED) is 0.660. The highest BCUT2D eigenvalue weighted by molar-refractivity contribution is 5.89. The van der Waals surface area contributed by atoms with Crippen molar-refractivity contribution in [3.8, 4) is 5.75 Å². The number of carbonyl (C=O) groups excluding carboxylic acids is 1. The maximum absolute atomic E-state index is 12.2. The fraction of sp³-hybridized carbons (Fsp3) is 0.650. The van der Waals surface area contributed by atoms with Crippen LogP contribution in [0.3, 0.4) is 0 Å². The number of urea groups is 1. The molecule has 0 aliphatic carbocycles. The zero-order chi connectivity index (χ0) is 20.1. The summed E-state index contributed by atoms with van der Waals surface area (Å²) >= 11 is 0. The van der Waals surface area contributed by atoms with Crippen LogP contribution in [0.25, 0.3) is 0 Å². The van der Waals surface area contributed by atoms with Gasteiger partial charge in [-0.2, -0.15) is 0 Å². The van der Waals surface area contributed by atoms with Crippen LogP contribution in [-0.4, -0.2) is 56.7 Å². The fourth-order valence-electron chi connectivity index (χ4n) is 3.32. The van der Waals surface area contributed by atoms with Crippen molar-refractivity contribution in [2.24, 2.45) is 0 Å². The molecule has 2 saturated heterocycles. The van der Waals surface area contributed by atoms with Gasteiger partial charge in [0.25, 0.3) is 0 Å². The summed E-state index contributed by atoms with van der Waals surface area (Å²) in [5, 5.41) is 5.62. The SMILES string of the molecule is CCCCO[C@H]1[C@H]2OC(C)(C)O[C@H]2O[C@H]1CNC(=O)Nc1ccc(OC)cc1. The van der Waals surface area contributed by atoms with Crippen molar-refractivity contribution in [2.75, 3.05) is 25.6 Å². The molecule has 0 bridgehead atoms. The molecule has 2 aliphatic rings. The average Bonchev–Trinajstić information content (AvgIpc) is 3.13. The first-order valence-electron chi connectivity index (χ1n) is 9.73. The lowest BCUT2D eigenvalue weighted by Crippen LogP contribution is -2.44. The second kappa shape index (κ2) is 9.09. The topological polar surface area (TPSA) is 87.3 Å². The summed E-state index contributed by atoms with van der Waals surface area (Å²) in [6.07, 6.45) is 0.569. The number of methoxy groups -OCH3 is 1. The van der Waals surface area contributed by atoms with E-state index < -0.39 is 12.1 Å². The normalized spacial score (nSPS) is 28.0. The smallest absolute Gasteiger partial charge is 0.319 e. The molecule has 2 aliphatic heterocycles. The van der Waals surface area contributed by atoms with Gasteiger partial charge in [-0.3, -0.25) is 0 Å². The van der Waals surface area contributed by atoms with Crippen LogP contribution in [0, 0.1) is 0 Å². The van der Waals surface area contributed by atoms with Gasteiger partial charge in [-0.15, -0.1) is 0 Å². The van der Waals surface area contributed by atoms with E-state index in [1.54, 1.807) is 31.4 Å². The monoisotopic (exact) mass is 394 g/mol. The first-order chi connectivity index (χ1) is 13.4. The highest BCUT2D eigenvalue weighted by Crippen LogP contribution is 2.38. The number of hydrogen-bond acceptors (Lipinski definition) is 6. The molecule has 1 aromatic carbocycles. The van der Waals surface area contributed by atoms with Crippen LogP contribution in [0.2, 0.25) is 0 Å². The Morgan fingerprint density at radius 1 is 1.21 bits per heavy atom. The number of unbranched alkanes of at least 4 members (excludes halogenated alkanes) is 1. The molecule has 0 saturated carbocycles. The van der Waals surface area contributed by atoms with Crippen LogP contribution >= 0.6 is 0 Å². The van der Waals surface area contributed by atoms with Crippen LogP contribution in [0.15, 0.2) is 24.3 Å². The number of hydrogen-bond donors (Lipinski definition) is 2. The maximum atomic E-state index is 12.2. The number of carbonyl (C=O) groups is 1. The zero-order valence-electron chi connectivity index (χ0n) is 16.9. The molecule has 156 valence electrons. The Balaban J connectivity index is 1.53. The van der Waals surface area contributed by atoms with Gasteiger partial charge in [0.05, 0.1) is 7.11 Å². The standard InChI is InChI=1S/C20H30N2O6/c1-5-6-11-25-16-15(26-18-17(16)27-20(2,3)28-18)12-21-19(23)22-13-7-9-14(24-4)10-8-13/h7-10,15-18H,5-6,11-12H2,1-4H3,(H2,21,22,23)/t15-,16+,17+,18+/m0/s1. The predicted octanol–water partition coefficient (Wildman–Crippen LogP) is 2.88. The third-order valence-electron chi connectivity index (χ3n) is 4.71. The van der Waals surface area contributed by atoms with E-state index in [0.717, 1.165) is 18.6 Å². The highest BCUT2D eigenvalue weighted by Gasteiger charge is 2.55. The first-order valence-corrected chi connectivity index (χ1v) is 9.73. The van der Waals surface area contributed by atoms with E-state index in [4.69, 9.17) is 23.7 Å². The zero-order valence-corrected chi connectivity index (χ0v) is 16.9. The van der Waals surface area contributed by atoms with Gasteiger partial charge in [-0.05, 0) is 44.5 Å².